The van der Waals surface area contributed by atoms with Crippen molar-refractivity contribution < 1.29 is 4.79 Å². The van der Waals surface area contributed by atoms with Crippen LogP contribution in [0.2, 0.25) is 0 Å². The van der Waals surface area contributed by atoms with Crippen molar-refractivity contribution in [2.24, 2.45) is 10.8 Å². The summed E-state index contributed by atoms with van der Waals surface area (Å²) in [7, 11) is 0. The Morgan fingerprint density at radius 2 is 2.14 bits per heavy atom. The van der Waals surface area contributed by atoms with E-state index in [4.69, 9.17) is 0 Å². The van der Waals surface area contributed by atoms with Crippen LogP contribution < -0.4 is 0 Å². The Bertz CT molecular complexity index is 557. The molecular formula is C15H23N3OS2. The van der Waals surface area contributed by atoms with Crippen molar-refractivity contribution in [1.29, 1.82) is 0 Å². The lowest BCUT2D eigenvalue weighted by Crippen LogP contribution is -2.38. The average Bonchev–Trinajstić information content (AvgIpc) is 2.86. The van der Waals surface area contributed by atoms with Gasteiger partial charge < -0.3 is 4.90 Å². The molecule has 1 saturated heterocycles. The van der Waals surface area contributed by atoms with Crippen molar-refractivity contribution in [2.45, 2.75) is 57.3 Å². The third-order valence-corrected chi connectivity index (χ3v) is 6.52. The molecule has 2 atom stereocenters. The molecule has 1 amide bonds. The van der Waals surface area contributed by atoms with Crippen LogP contribution >= 0.6 is 23.1 Å². The first-order chi connectivity index (χ1) is 9.76. The van der Waals surface area contributed by atoms with Crippen LogP contribution in [0.3, 0.4) is 0 Å². The predicted octanol–water partition coefficient (Wildman–Crippen LogP) is 3.37. The zero-order valence-electron chi connectivity index (χ0n) is 13.2. The Morgan fingerprint density at radius 1 is 1.38 bits per heavy atom. The van der Waals surface area contributed by atoms with Gasteiger partial charge in [-0.25, -0.2) is 0 Å². The molecule has 2 bridgehead atoms. The van der Waals surface area contributed by atoms with Crippen molar-refractivity contribution in [2.75, 3.05) is 12.3 Å². The normalized spacial score (nSPS) is 30.7. The number of hydrogen-bond acceptors (Lipinski definition) is 5. The van der Waals surface area contributed by atoms with Gasteiger partial charge in [-0.3, -0.25) is 4.79 Å². The fraction of sp³-hybridized carbons (Fsp3) is 0.800. The summed E-state index contributed by atoms with van der Waals surface area (Å²) in [6, 6.07) is 0.433. The van der Waals surface area contributed by atoms with Crippen LogP contribution in [0.25, 0.3) is 0 Å². The number of amides is 1. The number of aromatic nitrogens is 2. The molecule has 4 nitrogen and oxygen atoms in total. The number of thioether (sulfide) groups is 1. The molecule has 2 aliphatic rings. The van der Waals surface area contributed by atoms with Crippen LogP contribution in [0.5, 0.6) is 0 Å². The number of carbonyl (C=O) groups is 1. The van der Waals surface area contributed by atoms with Crippen molar-refractivity contribution in [3.05, 3.63) is 5.01 Å². The molecule has 3 rings (SSSR count). The summed E-state index contributed by atoms with van der Waals surface area (Å²) >= 11 is 3.08. The lowest BCUT2D eigenvalue weighted by molar-refractivity contribution is -0.129. The molecule has 1 aromatic heterocycles. The van der Waals surface area contributed by atoms with Crippen LogP contribution in [0.4, 0.5) is 0 Å². The van der Waals surface area contributed by atoms with Crippen LogP contribution in [0.15, 0.2) is 4.34 Å². The van der Waals surface area contributed by atoms with Crippen LogP contribution in [0, 0.1) is 17.8 Å². The van der Waals surface area contributed by atoms with E-state index in [1.54, 1.807) is 11.3 Å². The summed E-state index contributed by atoms with van der Waals surface area (Å²) in [5.41, 5.74) is 0.669. The van der Waals surface area contributed by atoms with Gasteiger partial charge in [-0.05, 0) is 37.0 Å². The third-order valence-electron chi connectivity index (χ3n) is 4.56. The number of aryl methyl sites for hydroxylation is 1. The molecule has 0 spiro atoms. The topological polar surface area (TPSA) is 46.1 Å². The number of likely N-dealkylation sites (tertiary alicyclic amines) is 1. The first-order valence-corrected chi connectivity index (χ1v) is 9.29. The molecule has 0 radical (unpaired) electrons. The first-order valence-electron chi connectivity index (χ1n) is 7.49. The standard InChI is InChI=1S/C15H23N3OS2/c1-10-16-17-13(21-10)20-7-12(19)18-9-15(4)6-11(18)5-14(2,3)8-15/h11H,5-9H2,1-4H3/t11-,15-/m1/s1. The van der Waals surface area contributed by atoms with Crippen molar-refractivity contribution >= 4 is 29.0 Å². The van der Waals surface area contributed by atoms with Crippen molar-refractivity contribution in [3.8, 4) is 0 Å². The van der Waals surface area contributed by atoms with Crippen LogP contribution in [0.1, 0.15) is 45.0 Å². The maximum absolute atomic E-state index is 12.6. The van der Waals surface area contributed by atoms with Gasteiger partial charge in [0.2, 0.25) is 5.91 Å². The lowest BCUT2D eigenvalue weighted by atomic mass is 9.65. The van der Waals surface area contributed by atoms with E-state index in [2.05, 4.69) is 35.9 Å². The quantitative estimate of drug-likeness (QED) is 0.799. The SMILES string of the molecule is Cc1nnc(SCC(=O)N2C[C@]3(C)C[C@H]2CC(C)(C)C3)s1. The minimum atomic E-state index is 0.263. The van der Waals surface area contributed by atoms with Gasteiger partial charge >= 0.3 is 0 Å². The van der Waals surface area contributed by atoms with E-state index in [-0.39, 0.29) is 5.91 Å². The maximum atomic E-state index is 12.6. The summed E-state index contributed by atoms with van der Waals surface area (Å²) in [5, 5.41) is 9.03. The molecule has 2 fully saturated rings. The highest BCUT2D eigenvalue weighted by Crippen LogP contribution is 2.52. The minimum absolute atomic E-state index is 0.263. The highest BCUT2D eigenvalue weighted by molar-refractivity contribution is 8.01. The zero-order chi connectivity index (χ0) is 15.3. The largest absolute Gasteiger partial charge is 0.338 e. The molecule has 21 heavy (non-hydrogen) atoms. The summed E-state index contributed by atoms with van der Waals surface area (Å²) in [6.07, 6.45) is 3.53. The predicted molar refractivity (Wildman–Crippen MR) is 86.6 cm³/mol. The molecule has 6 heteroatoms. The third kappa shape index (κ3) is 3.26. The molecule has 116 valence electrons. The Balaban J connectivity index is 1.63. The fourth-order valence-electron chi connectivity index (χ4n) is 4.29. The average molecular weight is 326 g/mol. The second kappa shape index (κ2) is 5.23. The highest BCUT2D eigenvalue weighted by Gasteiger charge is 2.50. The number of nitrogens with zero attached hydrogens (tertiary/aromatic N) is 3. The van der Waals surface area contributed by atoms with Gasteiger partial charge in [0, 0.05) is 12.6 Å². The Morgan fingerprint density at radius 3 is 2.81 bits per heavy atom. The number of carbonyl (C=O) groups excluding carboxylic acids is 1. The van der Waals surface area contributed by atoms with Crippen LogP contribution in [-0.4, -0.2) is 39.3 Å². The van der Waals surface area contributed by atoms with Gasteiger partial charge in [-0.2, -0.15) is 0 Å². The molecule has 1 aliphatic heterocycles. The van der Waals surface area contributed by atoms with Gasteiger partial charge in [0.05, 0.1) is 5.75 Å². The molecule has 0 aromatic carbocycles. The lowest BCUT2D eigenvalue weighted by Gasteiger charge is -2.39. The van der Waals surface area contributed by atoms with Crippen LogP contribution in [-0.2, 0) is 4.79 Å². The number of fused-ring (bicyclic) bond motifs is 2. The molecule has 2 heterocycles. The van der Waals surface area contributed by atoms with E-state index < -0.39 is 0 Å². The molecule has 1 aromatic rings. The van der Waals surface area contributed by atoms with Gasteiger partial charge in [0.25, 0.3) is 0 Å². The first kappa shape index (κ1) is 15.3. The molecule has 1 saturated carbocycles. The molecule has 0 unspecified atom stereocenters. The van der Waals surface area contributed by atoms with Gasteiger partial charge in [-0.15, -0.1) is 10.2 Å². The van der Waals surface area contributed by atoms with E-state index >= 15 is 0 Å². The maximum Gasteiger partial charge on any atom is 0.233 e. The second-order valence-corrected chi connectivity index (χ2v) is 10.0. The monoisotopic (exact) mass is 325 g/mol. The Labute approximate surface area is 134 Å². The van der Waals surface area contributed by atoms with Gasteiger partial charge in [0.15, 0.2) is 4.34 Å². The van der Waals surface area contributed by atoms with Gasteiger partial charge in [0.1, 0.15) is 5.01 Å². The van der Waals surface area contributed by atoms with Crippen molar-refractivity contribution in [1.82, 2.24) is 15.1 Å². The van der Waals surface area contributed by atoms with E-state index in [1.807, 2.05) is 6.92 Å². The van der Waals surface area contributed by atoms with Gasteiger partial charge in [-0.1, -0.05) is 43.9 Å². The summed E-state index contributed by atoms with van der Waals surface area (Å²) in [6.45, 7) is 9.88. The van der Waals surface area contributed by atoms with E-state index in [1.165, 1.54) is 24.6 Å². The minimum Gasteiger partial charge on any atom is -0.338 e. The summed E-state index contributed by atoms with van der Waals surface area (Å²) in [5.74, 6) is 0.751. The molecule has 0 N–H and O–H groups in total. The van der Waals surface area contributed by atoms with E-state index in [9.17, 15) is 4.79 Å². The summed E-state index contributed by atoms with van der Waals surface area (Å²) < 4.78 is 0.898. The Hall–Kier alpha value is -0.620. The highest BCUT2D eigenvalue weighted by atomic mass is 32.2. The zero-order valence-corrected chi connectivity index (χ0v) is 14.8. The number of hydrogen-bond donors (Lipinski definition) is 0. The smallest absolute Gasteiger partial charge is 0.233 e. The fourth-order valence-corrected chi connectivity index (χ4v) is 6.00. The summed E-state index contributed by atoms with van der Waals surface area (Å²) in [4.78, 5) is 14.7. The Kier molecular flexibility index (Phi) is 3.81. The number of rotatable bonds is 3. The van der Waals surface area contributed by atoms with E-state index in [0.29, 0.717) is 22.6 Å². The second-order valence-electron chi connectivity index (χ2n) is 7.61. The molecular weight excluding hydrogens is 302 g/mol. The van der Waals surface area contributed by atoms with Crippen molar-refractivity contribution in [3.63, 3.8) is 0 Å². The van der Waals surface area contributed by atoms with E-state index in [0.717, 1.165) is 22.3 Å². The molecule has 1 aliphatic carbocycles.